The first kappa shape index (κ1) is 17.5. The summed E-state index contributed by atoms with van der Waals surface area (Å²) in [6.45, 7) is 1.01. The molecule has 0 radical (unpaired) electrons. The highest BCUT2D eigenvalue weighted by atomic mass is 16.2. The van der Waals surface area contributed by atoms with E-state index >= 15 is 0 Å². The van der Waals surface area contributed by atoms with Gasteiger partial charge in [0.05, 0.1) is 23.5 Å². The van der Waals surface area contributed by atoms with Crippen LogP contribution < -0.4 is 10.2 Å². The first-order valence-corrected chi connectivity index (χ1v) is 9.65. The molecule has 29 heavy (non-hydrogen) atoms. The van der Waals surface area contributed by atoms with Crippen LogP contribution in [0.3, 0.4) is 0 Å². The van der Waals surface area contributed by atoms with Crippen LogP contribution in [0.15, 0.2) is 37.1 Å². The van der Waals surface area contributed by atoms with E-state index in [9.17, 15) is 4.79 Å². The molecule has 1 saturated carbocycles. The number of hydrogen-bond donors (Lipinski definition) is 1. The molecule has 4 aromatic heterocycles. The number of hydrogen-bond acceptors (Lipinski definition) is 7. The molecule has 0 spiro atoms. The van der Waals surface area contributed by atoms with Gasteiger partial charge in [-0.15, -0.1) is 0 Å². The van der Waals surface area contributed by atoms with Crippen LogP contribution in [0.25, 0.3) is 16.7 Å². The molecule has 0 bridgehead atoms. The maximum absolute atomic E-state index is 12.5. The number of aromatic nitrogens is 7. The first-order chi connectivity index (χ1) is 14.2. The molecule has 0 aromatic carbocycles. The molecule has 10 nitrogen and oxygen atoms in total. The average molecular weight is 391 g/mol. The number of amides is 1. The van der Waals surface area contributed by atoms with Crippen molar-refractivity contribution in [3.05, 3.63) is 37.1 Å². The number of fused-ring (bicyclic) bond motifs is 2. The van der Waals surface area contributed by atoms with Crippen molar-refractivity contribution in [2.75, 3.05) is 23.8 Å². The van der Waals surface area contributed by atoms with Crippen molar-refractivity contribution in [1.82, 2.24) is 34.3 Å². The van der Waals surface area contributed by atoms with E-state index in [1.54, 1.807) is 39.9 Å². The van der Waals surface area contributed by atoms with E-state index < -0.39 is 0 Å². The normalized spacial score (nSPS) is 14.2. The van der Waals surface area contributed by atoms with E-state index in [0.29, 0.717) is 17.3 Å². The molecule has 1 amide bonds. The largest absolute Gasteiger partial charge is 0.344 e. The Morgan fingerprint density at radius 2 is 2.14 bits per heavy atom. The van der Waals surface area contributed by atoms with Crippen molar-refractivity contribution in [1.29, 1.82) is 0 Å². The van der Waals surface area contributed by atoms with Crippen LogP contribution in [-0.4, -0.2) is 53.8 Å². The highest BCUT2D eigenvalue weighted by molar-refractivity contribution is 5.91. The average Bonchev–Trinajstić information content (AvgIpc) is 3.30. The summed E-state index contributed by atoms with van der Waals surface area (Å²) in [6, 6.07) is 3.59. The molecule has 4 aromatic rings. The number of rotatable bonds is 6. The number of pyridine rings is 1. The molecule has 0 atom stereocenters. The Balaban J connectivity index is 1.32. The highest BCUT2D eigenvalue weighted by Gasteiger charge is 2.21. The standard InChI is InChI=1S/C19H21N9O/c1-26(9-13-3-2-4-13)19-20-7-14-8-22-28(18(14)25-19)11-17(29)24-15-5-6-16-21-12-23-27(16)10-15/h5-8,10,12-13H,2-4,9,11H2,1H3,(H,24,29). The minimum atomic E-state index is -0.197. The van der Waals surface area contributed by atoms with E-state index in [4.69, 9.17) is 0 Å². The lowest BCUT2D eigenvalue weighted by Crippen LogP contribution is -2.30. The summed E-state index contributed by atoms with van der Waals surface area (Å²) in [4.78, 5) is 27.8. The molecule has 148 valence electrons. The summed E-state index contributed by atoms with van der Waals surface area (Å²) < 4.78 is 3.21. The van der Waals surface area contributed by atoms with E-state index in [-0.39, 0.29) is 12.5 Å². The van der Waals surface area contributed by atoms with E-state index in [2.05, 4.69) is 35.4 Å². The Morgan fingerprint density at radius 1 is 1.24 bits per heavy atom. The van der Waals surface area contributed by atoms with Crippen LogP contribution in [0, 0.1) is 5.92 Å². The molecule has 5 rings (SSSR count). The lowest BCUT2D eigenvalue weighted by atomic mass is 9.85. The summed E-state index contributed by atoms with van der Waals surface area (Å²) in [7, 11) is 2.01. The zero-order valence-corrected chi connectivity index (χ0v) is 16.1. The van der Waals surface area contributed by atoms with Gasteiger partial charge in [0.15, 0.2) is 11.3 Å². The summed E-state index contributed by atoms with van der Waals surface area (Å²) in [5, 5.41) is 12.1. The van der Waals surface area contributed by atoms with Crippen molar-refractivity contribution in [3.63, 3.8) is 0 Å². The minimum absolute atomic E-state index is 0.0572. The third kappa shape index (κ3) is 3.48. The van der Waals surface area contributed by atoms with Crippen LogP contribution in [0.5, 0.6) is 0 Å². The first-order valence-electron chi connectivity index (χ1n) is 9.65. The Bertz CT molecular complexity index is 1180. The van der Waals surface area contributed by atoms with E-state index in [0.717, 1.165) is 23.5 Å². The van der Waals surface area contributed by atoms with E-state index in [1.807, 2.05) is 7.05 Å². The zero-order chi connectivity index (χ0) is 19.8. The molecule has 0 aliphatic heterocycles. The Morgan fingerprint density at radius 3 is 2.97 bits per heavy atom. The molecular weight excluding hydrogens is 370 g/mol. The summed E-state index contributed by atoms with van der Waals surface area (Å²) in [6.07, 6.45) is 10.5. The molecular formula is C19H21N9O. The van der Waals surface area contributed by atoms with Crippen molar-refractivity contribution in [2.24, 2.45) is 5.92 Å². The number of nitrogens with one attached hydrogen (secondary N) is 1. The van der Waals surface area contributed by atoms with Gasteiger partial charge in [-0.25, -0.2) is 19.2 Å². The zero-order valence-electron chi connectivity index (χ0n) is 16.1. The number of carbonyl (C=O) groups excluding carboxylic acids is 1. The third-order valence-electron chi connectivity index (χ3n) is 5.31. The summed E-state index contributed by atoms with van der Waals surface area (Å²) in [5.74, 6) is 1.18. The monoisotopic (exact) mass is 391 g/mol. The predicted molar refractivity (Wildman–Crippen MR) is 108 cm³/mol. The van der Waals surface area contributed by atoms with Crippen LogP contribution in [0.2, 0.25) is 0 Å². The van der Waals surface area contributed by atoms with Gasteiger partial charge < -0.3 is 10.2 Å². The number of nitrogens with zero attached hydrogens (tertiary/aromatic N) is 8. The van der Waals surface area contributed by atoms with Gasteiger partial charge >= 0.3 is 0 Å². The van der Waals surface area contributed by atoms with Gasteiger partial charge in [-0.1, -0.05) is 6.42 Å². The van der Waals surface area contributed by atoms with Gasteiger partial charge in [0.25, 0.3) is 0 Å². The maximum atomic E-state index is 12.5. The summed E-state index contributed by atoms with van der Waals surface area (Å²) in [5.41, 5.74) is 2.01. The van der Waals surface area contributed by atoms with Crippen molar-refractivity contribution in [2.45, 2.75) is 25.8 Å². The van der Waals surface area contributed by atoms with Gasteiger partial charge in [0.1, 0.15) is 12.9 Å². The fourth-order valence-corrected chi connectivity index (χ4v) is 3.53. The molecule has 0 saturated heterocycles. The Labute approximate surface area is 166 Å². The van der Waals surface area contributed by atoms with Gasteiger partial charge in [-0.05, 0) is 30.9 Å². The van der Waals surface area contributed by atoms with Crippen molar-refractivity contribution >= 4 is 34.2 Å². The second-order valence-electron chi connectivity index (χ2n) is 7.46. The molecule has 0 unspecified atom stereocenters. The van der Waals surface area contributed by atoms with Gasteiger partial charge in [-0.2, -0.15) is 15.2 Å². The lowest BCUT2D eigenvalue weighted by molar-refractivity contribution is -0.116. The molecule has 1 aliphatic carbocycles. The Kier molecular flexibility index (Phi) is 4.30. The third-order valence-corrected chi connectivity index (χ3v) is 5.31. The second kappa shape index (κ2) is 7.12. The van der Waals surface area contributed by atoms with Gasteiger partial charge in [0, 0.05) is 19.8 Å². The fraction of sp³-hybridized carbons (Fsp3) is 0.368. The summed E-state index contributed by atoms with van der Waals surface area (Å²) >= 11 is 0. The number of carbonyl (C=O) groups is 1. The maximum Gasteiger partial charge on any atom is 0.246 e. The molecule has 1 aliphatic rings. The molecule has 1 fully saturated rings. The molecule has 1 N–H and O–H groups in total. The van der Waals surface area contributed by atoms with Crippen molar-refractivity contribution in [3.8, 4) is 0 Å². The quantitative estimate of drug-likeness (QED) is 0.534. The minimum Gasteiger partial charge on any atom is -0.344 e. The Hall–Kier alpha value is -3.56. The highest BCUT2D eigenvalue weighted by Crippen LogP contribution is 2.27. The molecule has 10 heteroatoms. The van der Waals surface area contributed by atoms with Gasteiger partial charge in [0.2, 0.25) is 11.9 Å². The van der Waals surface area contributed by atoms with Crippen LogP contribution in [0.1, 0.15) is 19.3 Å². The number of anilines is 2. The topological polar surface area (TPSA) is 106 Å². The fourth-order valence-electron chi connectivity index (χ4n) is 3.53. The molecule has 4 heterocycles. The predicted octanol–water partition coefficient (Wildman–Crippen LogP) is 1.74. The van der Waals surface area contributed by atoms with Crippen molar-refractivity contribution < 1.29 is 4.79 Å². The SMILES string of the molecule is CN(CC1CCC1)c1ncc2cnn(CC(=O)Nc3ccc4ncnn4c3)c2n1. The van der Waals surface area contributed by atoms with E-state index in [1.165, 1.54) is 25.6 Å². The second-order valence-corrected chi connectivity index (χ2v) is 7.46. The van der Waals surface area contributed by atoms with Gasteiger partial charge in [-0.3, -0.25) is 4.79 Å². The smallest absolute Gasteiger partial charge is 0.246 e. The van der Waals surface area contributed by atoms with Crippen LogP contribution in [-0.2, 0) is 11.3 Å². The van der Waals surface area contributed by atoms with Crippen LogP contribution >= 0.6 is 0 Å². The lowest BCUT2D eigenvalue weighted by Gasteiger charge is -2.30. The van der Waals surface area contributed by atoms with Crippen LogP contribution in [0.4, 0.5) is 11.6 Å².